The number of rotatable bonds is 1. The third kappa shape index (κ3) is 1.95. The second-order valence-corrected chi connectivity index (χ2v) is 2.80. The van der Waals surface area contributed by atoms with Gasteiger partial charge in [0.15, 0.2) is 0 Å². The highest BCUT2D eigenvalue weighted by Gasteiger charge is 2.29. The molecule has 0 unspecified atom stereocenters. The van der Waals surface area contributed by atoms with E-state index in [1.165, 1.54) is 23.1 Å². The third-order valence-electron chi connectivity index (χ3n) is 1.81. The monoisotopic (exact) mass is 214 g/mol. The number of alkyl halides is 3. The molecule has 0 amide bonds. The average molecular weight is 214 g/mol. The Kier molecular flexibility index (Phi) is 2.14. The first-order valence-corrected chi connectivity index (χ1v) is 3.98. The Hall–Kier alpha value is -1.92. The van der Waals surface area contributed by atoms with Crippen molar-refractivity contribution in [3.63, 3.8) is 0 Å². The van der Waals surface area contributed by atoms with Gasteiger partial charge in [-0.1, -0.05) is 0 Å². The second kappa shape index (κ2) is 3.34. The minimum absolute atomic E-state index is 0.480. The highest BCUT2D eigenvalue weighted by molar-refractivity contribution is 5.34. The van der Waals surface area contributed by atoms with Crippen LogP contribution in [-0.4, -0.2) is 20.2 Å². The van der Waals surface area contributed by atoms with Crippen LogP contribution in [0.5, 0.6) is 0 Å². The molecule has 0 aliphatic heterocycles. The summed E-state index contributed by atoms with van der Waals surface area (Å²) in [6.45, 7) is 0. The highest BCUT2D eigenvalue weighted by atomic mass is 19.4. The van der Waals surface area contributed by atoms with Crippen LogP contribution in [0, 0.1) is 0 Å². The van der Waals surface area contributed by atoms with Gasteiger partial charge in [0.05, 0.1) is 11.3 Å². The van der Waals surface area contributed by atoms with E-state index in [-0.39, 0.29) is 0 Å². The van der Waals surface area contributed by atoms with Crippen LogP contribution < -0.4 is 0 Å². The largest absolute Gasteiger partial charge is 0.416 e. The Morgan fingerprint density at radius 2 is 1.73 bits per heavy atom. The van der Waals surface area contributed by atoms with Crippen molar-refractivity contribution in [2.24, 2.45) is 0 Å². The molecule has 7 heteroatoms. The molecule has 0 spiro atoms. The van der Waals surface area contributed by atoms with Crippen molar-refractivity contribution < 1.29 is 13.2 Å². The lowest BCUT2D eigenvalue weighted by Gasteiger charge is -2.06. The molecule has 0 N–H and O–H groups in total. The molecule has 4 nitrogen and oxygen atoms in total. The summed E-state index contributed by atoms with van der Waals surface area (Å²) < 4.78 is 37.9. The van der Waals surface area contributed by atoms with Gasteiger partial charge in [-0.25, -0.2) is 4.68 Å². The standard InChI is InChI=1S/C8H5F3N4/c9-8(10,11)6-1-3-7(4-2-6)15-5-12-13-14-15/h1-5H. The zero-order chi connectivity index (χ0) is 10.9. The van der Waals surface area contributed by atoms with Gasteiger partial charge in [-0.05, 0) is 34.7 Å². The first-order valence-electron chi connectivity index (χ1n) is 3.98. The van der Waals surface area contributed by atoms with Gasteiger partial charge in [-0.2, -0.15) is 13.2 Å². The maximum Gasteiger partial charge on any atom is 0.416 e. The molecule has 0 atom stereocenters. The molecule has 0 radical (unpaired) electrons. The fraction of sp³-hybridized carbons (Fsp3) is 0.125. The van der Waals surface area contributed by atoms with Crippen LogP contribution in [0.1, 0.15) is 5.56 Å². The molecule has 0 saturated carbocycles. The first kappa shape index (κ1) is 9.63. The van der Waals surface area contributed by atoms with Crippen LogP contribution >= 0.6 is 0 Å². The van der Waals surface area contributed by atoms with Gasteiger partial charge in [-0.15, -0.1) is 5.10 Å². The molecule has 0 fully saturated rings. The van der Waals surface area contributed by atoms with E-state index in [9.17, 15) is 13.2 Å². The fourth-order valence-electron chi connectivity index (χ4n) is 1.08. The Bertz CT molecular complexity index is 432. The van der Waals surface area contributed by atoms with Gasteiger partial charge < -0.3 is 0 Å². The number of halogens is 3. The molecule has 0 aliphatic carbocycles. The summed E-state index contributed by atoms with van der Waals surface area (Å²) in [5.41, 5.74) is -0.215. The molecule has 78 valence electrons. The van der Waals surface area contributed by atoms with Crippen LogP contribution in [0.25, 0.3) is 5.69 Å². The van der Waals surface area contributed by atoms with E-state index in [0.29, 0.717) is 5.69 Å². The normalized spacial score (nSPS) is 11.7. The van der Waals surface area contributed by atoms with Crippen LogP contribution in [0.4, 0.5) is 13.2 Å². The van der Waals surface area contributed by atoms with Crippen LogP contribution in [0.3, 0.4) is 0 Å². The number of hydrogen-bond acceptors (Lipinski definition) is 3. The lowest BCUT2D eigenvalue weighted by atomic mass is 10.2. The maximum absolute atomic E-state index is 12.2. The van der Waals surface area contributed by atoms with Crippen LogP contribution in [0.2, 0.25) is 0 Å². The number of nitrogens with zero attached hydrogens (tertiary/aromatic N) is 4. The van der Waals surface area contributed by atoms with Crippen molar-refractivity contribution in [1.82, 2.24) is 20.2 Å². The van der Waals surface area contributed by atoms with Crippen molar-refractivity contribution in [2.45, 2.75) is 6.18 Å². The van der Waals surface area contributed by atoms with E-state index in [1.807, 2.05) is 0 Å². The number of benzene rings is 1. The second-order valence-electron chi connectivity index (χ2n) is 2.80. The van der Waals surface area contributed by atoms with Gasteiger partial charge in [0, 0.05) is 0 Å². The summed E-state index contributed by atoms with van der Waals surface area (Å²) in [5, 5.41) is 10.3. The van der Waals surface area contributed by atoms with E-state index in [1.54, 1.807) is 0 Å². The van der Waals surface area contributed by atoms with Crippen LogP contribution in [0.15, 0.2) is 30.6 Å². The van der Waals surface area contributed by atoms with E-state index < -0.39 is 11.7 Å². The van der Waals surface area contributed by atoms with Crippen LogP contribution in [-0.2, 0) is 6.18 Å². The SMILES string of the molecule is FC(F)(F)c1ccc(-n2cnnn2)cc1. The predicted octanol–water partition coefficient (Wildman–Crippen LogP) is 1.68. The minimum Gasteiger partial charge on any atom is -0.201 e. The smallest absolute Gasteiger partial charge is 0.201 e. The zero-order valence-corrected chi connectivity index (χ0v) is 7.31. The summed E-state index contributed by atoms with van der Waals surface area (Å²) in [6, 6.07) is 4.58. The summed E-state index contributed by atoms with van der Waals surface area (Å²) in [6.07, 6.45) is -3.01. The first-order chi connectivity index (χ1) is 7.07. The third-order valence-corrected chi connectivity index (χ3v) is 1.81. The molecule has 0 aliphatic rings. The Morgan fingerprint density at radius 3 is 2.20 bits per heavy atom. The van der Waals surface area contributed by atoms with Crippen molar-refractivity contribution in [1.29, 1.82) is 0 Å². The minimum atomic E-state index is -4.32. The van der Waals surface area contributed by atoms with Gasteiger partial charge in [0.1, 0.15) is 6.33 Å². The highest BCUT2D eigenvalue weighted by Crippen LogP contribution is 2.29. The fourth-order valence-corrected chi connectivity index (χ4v) is 1.08. The molecular weight excluding hydrogens is 209 g/mol. The van der Waals surface area contributed by atoms with Crippen molar-refractivity contribution >= 4 is 0 Å². The zero-order valence-electron chi connectivity index (χ0n) is 7.31. The number of hydrogen-bond donors (Lipinski definition) is 0. The van der Waals surface area contributed by atoms with E-state index in [4.69, 9.17) is 0 Å². The van der Waals surface area contributed by atoms with E-state index >= 15 is 0 Å². The molecule has 2 rings (SSSR count). The van der Waals surface area contributed by atoms with Crippen molar-refractivity contribution in [3.05, 3.63) is 36.2 Å². The molecular formula is C8H5F3N4. The molecule has 0 bridgehead atoms. The van der Waals surface area contributed by atoms with E-state index in [0.717, 1.165) is 12.1 Å². The average Bonchev–Trinajstić information content (AvgIpc) is 2.69. The summed E-state index contributed by atoms with van der Waals surface area (Å²) in [5.74, 6) is 0. The maximum atomic E-state index is 12.2. The Morgan fingerprint density at radius 1 is 1.07 bits per heavy atom. The number of tetrazole rings is 1. The predicted molar refractivity (Wildman–Crippen MR) is 44.2 cm³/mol. The van der Waals surface area contributed by atoms with Crippen molar-refractivity contribution in [2.75, 3.05) is 0 Å². The molecule has 1 aromatic carbocycles. The molecule has 1 aromatic heterocycles. The van der Waals surface area contributed by atoms with Gasteiger partial charge in [0.2, 0.25) is 0 Å². The molecule has 0 saturated heterocycles. The van der Waals surface area contributed by atoms with Gasteiger partial charge in [-0.3, -0.25) is 0 Å². The van der Waals surface area contributed by atoms with Crippen molar-refractivity contribution in [3.8, 4) is 5.69 Å². The molecule has 15 heavy (non-hydrogen) atoms. The summed E-state index contributed by atoms with van der Waals surface area (Å²) >= 11 is 0. The topological polar surface area (TPSA) is 43.6 Å². The Labute approximate surface area is 82.3 Å². The number of aromatic nitrogens is 4. The van der Waals surface area contributed by atoms with E-state index in [2.05, 4.69) is 15.5 Å². The summed E-state index contributed by atoms with van der Waals surface area (Å²) in [7, 11) is 0. The molecule has 2 aromatic rings. The van der Waals surface area contributed by atoms with Gasteiger partial charge in [0.25, 0.3) is 0 Å². The quantitative estimate of drug-likeness (QED) is 0.725. The summed E-state index contributed by atoms with van der Waals surface area (Å²) in [4.78, 5) is 0. The van der Waals surface area contributed by atoms with Gasteiger partial charge >= 0.3 is 6.18 Å². The lowest BCUT2D eigenvalue weighted by molar-refractivity contribution is -0.137. The lowest BCUT2D eigenvalue weighted by Crippen LogP contribution is -2.05. The molecule has 1 heterocycles. The Balaban J connectivity index is 2.33.